The number of ether oxygens (including phenoxy) is 1. The van der Waals surface area contributed by atoms with Crippen LogP contribution in [0.25, 0.3) is 0 Å². The van der Waals surface area contributed by atoms with Crippen LogP contribution in [0.5, 0.6) is 0 Å². The predicted molar refractivity (Wildman–Crippen MR) is 73.2 cm³/mol. The van der Waals surface area contributed by atoms with E-state index in [1.165, 1.54) is 44.4 Å². The van der Waals surface area contributed by atoms with E-state index in [0.717, 1.165) is 19.1 Å². The highest BCUT2D eigenvalue weighted by Crippen LogP contribution is 2.19. The Balaban J connectivity index is 1.95. The SMILES string of the molecule is CSCCCCNC(C)CC1CCOCC1. The Bertz CT molecular complexity index is 160. The molecule has 96 valence electrons. The highest BCUT2D eigenvalue weighted by Gasteiger charge is 2.16. The van der Waals surface area contributed by atoms with E-state index in [2.05, 4.69) is 18.5 Å². The summed E-state index contributed by atoms with van der Waals surface area (Å²) in [5.41, 5.74) is 0. The number of nitrogens with one attached hydrogen (secondary N) is 1. The zero-order valence-corrected chi connectivity index (χ0v) is 11.7. The molecule has 1 atom stereocenters. The van der Waals surface area contributed by atoms with Crippen molar-refractivity contribution in [1.29, 1.82) is 0 Å². The lowest BCUT2D eigenvalue weighted by atomic mass is 9.93. The second-order valence-corrected chi connectivity index (χ2v) is 5.83. The summed E-state index contributed by atoms with van der Waals surface area (Å²) in [4.78, 5) is 0. The number of rotatable bonds is 8. The van der Waals surface area contributed by atoms with Crippen LogP contribution in [0.1, 0.15) is 39.0 Å². The van der Waals surface area contributed by atoms with E-state index in [-0.39, 0.29) is 0 Å². The summed E-state index contributed by atoms with van der Waals surface area (Å²) < 4.78 is 5.38. The van der Waals surface area contributed by atoms with Crippen molar-refractivity contribution in [1.82, 2.24) is 5.32 Å². The Morgan fingerprint density at radius 3 is 2.75 bits per heavy atom. The molecule has 1 unspecified atom stereocenters. The van der Waals surface area contributed by atoms with Crippen LogP contribution in [0.3, 0.4) is 0 Å². The van der Waals surface area contributed by atoms with Gasteiger partial charge >= 0.3 is 0 Å². The fourth-order valence-electron chi connectivity index (χ4n) is 2.29. The average molecular weight is 245 g/mol. The third-order valence-electron chi connectivity index (χ3n) is 3.30. The number of unbranched alkanes of at least 4 members (excludes halogenated alkanes) is 1. The minimum atomic E-state index is 0.678. The lowest BCUT2D eigenvalue weighted by Crippen LogP contribution is -2.31. The number of hydrogen-bond acceptors (Lipinski definition) is 3. The van der Waals surface area contributed by atoms with Gasteiger partial charge in [-0.05, 0) is 63.5 Å². The molecule has 1 aliphatic rings. The summed E-state index contributed by atoms with van der Waals surface area (Å²) in [6.45, 7) is 5.46. The molecule has 0 saturated carbocycles. The van der Waals surface area contributed by atoms with Crippen molar-refractivity contribution in [3.05, 3.63) is 0 Å². The van der Waals surface area contributed by atoms with Gasteiger partial charge in [-0.1, -0.05) is 0 Å². The van der Waals surface area contributed by atoms with E-state index < -0.39 is 0 Å². The first-order valence-corrected chi connectivity index (χ1v) is 8.02. The van der Waals surface area contributed by atoms with E-state index in [0.29, 0.717) is 6.04 Å². The number of thioether (sulfide) groups is 1. The van der Waals surface area contributed by atoms with Crippen LogP contribution < -0.4 is 5.32 Å². The van der Waals surface area contributed by atoms with Gasteiger partial charge in [-0.2, -0.15) is 11.8 Å². The lowest BCUT2D eigenvalue weighted by Gasteiger charge is -2.25. The van der Waals surface area contributed by atoms with Crippen molar-refractivity contribution < 1.29 is 4.74 Å². The van der Waals surface area contributed by atoms with Gasteiger partial charge in [-0.15, -0.1) is 0 Å². The Hall–Kier alpha value is 0.270. The highest BCUT2D eigenvalue weighted by molar-refractivity contribution is 7.98. The molecule has 0 amide bonds. The maximum Gasteiger partial charge on any atom is 0.0468 e. The van der Waals surface area contributed by atoms with Crippen LogP contribution >= 0.6 is 11.8 Å². The Kier molecular flexibility index (Phi) is 8.34. The zero-order valence-electron chi connectivity index (χ0n) is 10.8. The van der Waals surface area contributed by atoms with Crippen LogP contribution in [0.15, 0.2) is 0 Å². The van der Waals surface area contributed by atoms with Crippen molar-refractivity contribution in [2.45, 2.75) is 45.1 Å². The Labute approximate surface area is 105 Å². The van der Waals surface area contributed by atoms with Crippen molar-refractivity contribution in [2.75, 3.05) is 31.8 Å². The summed E-state index contributed by atoms with van der Waals surface area (Å²) in [5.74, 6) is 2.19. The normalized spacial score (nSPS) is 19.9. The van der Waals surface area contributed by atoms with Crippen LogP contribution in [0.4, 0.5) is 0 Å². The van der Waals surface area contributed by atoms with Gasteiger partial charge in [0, 0.05) is 19.3 Å². The molecular weight excluding hydrogens is 218 g/mol. The molecule has 1 fully saturated rings. The maximum absolute atomic E-state index is 5.38. The second kappa shape index (κ2) is 9.32. The quantitative estimate of drug-likeness (QED) is 0.664. The van der Waals surface area contributed by atoms with Gasteiger partial charge in [-0.25, -0.2) is 0 Å². The minimum absolute atomic E-state index is 0.678. The molecular formula is C13H27NOS. The molecule has 1 rings (SSSR count). The van der Waals surface area contributed by atoms with E-state index in [1.807, 2.05) is 11.8 Å². The summed E-state index contributed by atoms with van der Waals surface area (Å²) in [6, 6.07) is 0.678. The van der Waals surface area contributed by atoms with Gasteiger partial charge in [0.2, 0.25) is 0 Å². The third kappa shape index (κ3) is 6.77. The molecule has 0 aromatic heterocycles. The third-order valence-corrected chi connectivity index (χ3v) is 3.99. The van der Waals surface area contributed by atoms with Crippen LogP contribution in [0.2, 0.25) is 0 Å². The van der Waals surface area contributed by atoms with Gasteiger partial charge in [0.25, 0.3) is 0 Å². The molecule has 0 bridgehead atoms. The van der Waals surface area contributed by atoms with E-state index in [1.54, 1.807) is 0 Å². The minimum Gasteiger partial charge on any atom is -0.381 e. The standard InChI is InChI=1S/C13H27NOS/c1-12(14-7-3-4-10-16-2)11-13-5-8-15-9-6-13/h12-14H,3-11H2,1-2H3. The highest BCUT2D eigenvalue weighted by atomic mass is 32.2. The first-order chi connectivity index (χ1) is 7.83. The van der Waals surface area contributed by atoms with Crippen LogP contribution in [-0.4, -0.2) is 37.8 Å². The smallest absolute Gasteiger partial charge is 0.0468 e. The van der Waals surface area contributed by atoms with E-state index in [4.69, 9.17) is 4.74 Å². The molecule has 0 aliphatic carbocycles. The van der Waals surface area contributed by atoms with Crippen molar-refractivity contribution >= 4 is 11.8 Å². The monoisotopic (exact) mass is 245 g/mol. The van der Waals surface area contributed by atoms with Gasteiger partial charge < -0.3 is 10.1 Å². The largest absolute Gasteiger partial charge is 0.381 e. The zero-order chi connectivity index (χ0) is 11.6. The van der Waals surface area contributed by atoms with Crippen molar-refractivity contribution in [2.24, 2.45) is 5.92 Å². The molecule has 1 heterocycles. The van der Waals surface area contributed by atoms with Gasteiger partial charge in [0.05, 0.1) is 0 Å². The summed E-state index contributed by atoms with van der Waals surface area (Å²) in [5, 5.41) is 3.64. The van der Waals surface area contributed by atoms with E-state index in [9.17, 15) is 0 Å². The summed E-state index contributed by atoms with van der Waals surface area (Å²) >= 11 is 1.95. The van der Waals surface area contributed by atoms with Gasteiger partial charge in [0.1, 0.15) is 0 Å². The molecule has 0 spiro atoms. The molecule has 1 saturated heterocycles. The lowest BCUT2D eigenvalue weighted by molar-refractivity contribution is 0.0612. The van der Waals surface area contributed by atoms with Crippen LogP contribution in [-0.2, 0) is 4.74 Å². The van der Waals surface area contributed by atoms with Gasteiger partial charge in [-0.3, -0.25) is 0 Å². The molecule has 16 heavy (non-hydrogen) atoms. The molecule has 0 aromatic rings. The maximum atomic E-state index is 5.38. The second-order valence-electron chi connectivity index (χ2n) is 4.85. The van der Waals surface area contributed by atoms with Gasteiger partial charge in [0.15, 0.2) is 0 Å². The first-order valence-electron chi connectivity index (χ1n) is 6.63. The molecule has 1 N–H and O–H groups in total. The van der Waals surface area contributed by atoms with Crippen LogP contribution in [0, 0.1) is 5.92 Å². The Morgan fingerprint density at radius 2 is 2.06 bits per heavy atom. The molecule has 3 heteroatoms. The predicted octanol–water partition coefficient (Wildman–Crippen LogP) is 2.92. The molecule has 2 nitrogen and oxygen atoms in total. The van der Waals surface area contributed by atoms with E-state index >= 15 is 0 Å². The molecule has 1 aliphatic heterocycles. The van der Waals surface area contributed by atoms with Crippen molar-refractivity contribution in [3.8, 4) is 0 Å². The summed E-state index contributed by atoms with van der Waals surface area (Å²) in [7, 11) is 0. The topological polar surface area (TPSA) is 21.3 Å². The van der Waals surface area contributed by atoms with Crippen molar-refractivity contribution in [3.63, 3.8) is 0 Å². The summed E-state index contributed by atoms with van der Waals surface area (Å²) in [6.07, 6.45) is 8.70. The average Bonchev–Trinajstić information content (AvgIpc) is 2.30. The fraction of sp³-hybridized carbons (Fsp3) is 1.00. The Morgan fingerprint density at radius 1 is 1.31 bits per heavy atom. The molecule has 0 aromatic carbocycles. The fourth-order valence-corrected chi connectivity index (χ4v) is 2.78. The number of hydrogen-bond donors (Lipinski definition) is 1. The first kappa shape index (κ1) is 14.3. The molecule has 0 radical (unpaired) electrons.